The van der Waals surface area contributed by atoms with Gasteiger partial charge in [-0.2, -0.15) is 0 Å². The molecule has 0 saturated carbocycles. The highest BCUT2D eigenvalue weighted by molar-refractivity contribution is 6.31. The van der Waals surface area contributed by atoms with Gasteiger partial charge in [0.25, 0.3) is 0 Å². The van der Waals surface area contributed by atoms with Crippen LogP contribution < -0.4 is 0 Å². The minimum Gasteiger partial charge on any atom is -0.388 e. The monoisotopic (exact) mass is 320 g/mol. The summed E-state index contributed by atoms with van der Waals surface area (Å²) in [5, 5.41) is 11.9. The molecule has 0 bridgehead atoms. The molecule has 1 aromatic heterocycles. The normalized spacial score (nSPS) is 19.1. The number of amides is 1. The number of nitrogens with one attached hydrogen (secondary N) is 1. The van der Waals surface area contributed by atoms with Crippen LogP contribution in [0.2, 0.25) is 5.02 Å². The summed E-state index contributed by atoms with van der Waals surface area (Å²) in [6.07, 6.45) is 4.00. The number of aliphatic hydroxyl groups is 1. The van der Waals surface area contributed by atoms with E-state index >= 15 is 0 Å². The summed E-state index contributed by atoms with van der Waals surface area (Å²) in [5.74, 6) is 0.0606. The first-order chi connectivity index (χ1) is 10.4. The Labute approximate surface area is 135 Å². The Balaban J connectivity index is 1.82. The molecule has 1 aliphatic heterocycles. The van der Waals surface area contributed by atoms with E-state index in [1.165, 1.54) is 0 Å². The number of aromatic amines is 1. The second-order valence-corrected chi connectivity index (χ2v) is 7.02. The molecule has 1 aliphatic rings. The predicted molar refractivity (Wildman–Crippen MR) is 88.0 cm³/mol. The number of likely N-dealkylation sites (tertiary alicyclic amines) is 1. The molecule has 5 heteroatoms. The van der Waals surface area contributed by atoms with Crippen LogP contribution >= 0.6 is 11.6 Å². The van der Waals surface area contributed by atoms with Gasteiger partial charge in [0.15, 0.2) is 0 Å². The minimum atomic E-state index is -0.865. The summed E-state index contributed by atoms with van der Waals surface area (Å²) in [5.41, 5.74) is 1.06. The number of fused-ring (bicyclic) bond motifs is 1. The molecule has 0 spiro atoms. The number of carbonyl (C=O) groups excluding carboxylic acids is 1. The van der Waals surface area contributed by atoms with Crippen LogP contribution in [-0.2, 0) is 11.2 Å². The van der Waals surface area contributed by atoms with Crippen LogP contribution in [0.1, 0.15) is 32.3 Å². The fourth-order valence-corrected chi connectivity index (χ4v) is 3.53. The topological polar surface area (TPSA) is 56.3 Å². The number of nitrogens with zero attached hydrogens (tertiary/aromatic N) is 1. The van der Waals surface area contributed by atoms with E-state index in [0.717, 1.165) is 35.9 Å². The third kappa shape index (κ3) is 2.85. The molecule has 118 valence electrons. The Morgan fingerprint density at radius 2 is 2.27 bits per heavy atom. The van der Waals surface area contributed by atoms with Gasteiger partial charge in [0.1, 0.15) is 0 Å². The van der Waals surface area contributed by atoms with Gasteiger partial charge in [0, 0.05) is 28.7 Å². The first-order valence-electron chi connectivity index (χ1n) is 7.63. The van der Waals surface area contributed by atoms with Crippen LogP contribution in [0.5, 0.6) is 0 Å². The van der Waals surface area contributed by atoms with Crippen molar-refractivity contribution in [1.29, 1.82) is 0 Å². The lowest BCUT2D eigenvalue weighted by Gasteiger charge is -2.33. The van der Waals surface area contributed by atoms with Crippen molar-refractivity contribution >= 4 is 28.4 Å². The van der Waals surface area contributed by atoms with E-state index in [1.54, 1.807) is 13.8 Å². The van der Waals surface area contributed by atoms with Crippen LogP contribution in [0.4, 0.5) is 0 Å². The zero-order valence-corrected chi connectivity index (χ0v) is 13.7. The molecule has 2 N–H and O–H groups in total. The SMILES string of the molecule is CC(C)(O)C1CCCN1C(=O)Cc1c[nH]c2ccc(Cl)cc12. The highest BCUT2D eigenvalue weighted by atomic mass is 35.5. The zero-order valence-electron chi connectivity index (χ0n) is 12.9. The molecule has 2 aromatic rings. The molecule has 1 amide bonds. The Morgan fingerprint density at radius 1 is 1.50 bits per heavy atom. The van der Waals surface area contributed by atoms with Gasteiger partial charge in [-0.05, 0) is 50.5 Å². The standard InChI is InChI=1S/C17H21ClN2O2/c1-17(2,22)15-4-3-7-20(15)16(21)8-11-10-19-14-6-5-12(18)9-13(11)14/h5-6,9-10,15,19,22H,3-4,7-8H2,1-2H3. The molecule has 22 heavy (non-hydrogen) atoms. The molecule has 3 rings (SSSR count). The highest BCUT2D eigenvalue weighted by Crippen LogP contribution is 2.28. The first-order valence-corrected chi connectivity index (χ1v) is 8.01. The highest BCUT2D eigenvalue weighted by Gasteiger charge is 2.38. The minimum absolute atomic E-state index is 0.0606. The third-order valence-corrected chi connectivity index (χ3v) is 4.69. The molecular weight excluding hydrogens is 300 g/mol. The van der Waals surface area contributed by atoms with Crippen LogP contribution in [0.25, 0.3) is 10.9 Å². The summed E-state index contributed by atoms with van der Waals surface area (Å²) < 4.78 is 0. The molecule has 1 atom stereocenters. The summed E-state index contributed by atoms with van der Waals surface area (Å²) in [6.45, 7) is 4.26. The average molecular weight is 321 g/mol. The molecular formula is C17H21ClN2O2. The van der Waals surface area contributed by atoms with E-state index in [1.807, 2.05) is 29.3 Å². The van der Waals surface area contributed by atoms with E-state index in [9.17, 15) is 9.90 Å². The van der Waals surface area contributed by atoms with Crippen molar-refractivity contribution in [3.05, 3.63) is 35.0 Å². The maximum Gasteiger partial charge on any atom is 0.227 e. The molecule has 1 fully saturated rings. The fraction of sp³-hybridized carbons (Fsp3) is 0.471. The van der Waals surface area contributed by atoms with Gasteiger partial charge in [0.05, 0.1) is 18.1 Å². The van der Waals surface area contributed by atoms with Crippen molar-refractivity contribution in [2.75, 3.05) is 6.54 Å². The molecule has 1 saturated heterocycles. The third-order valence-electron chi connectivity index (χ3n) is 4.46. The lowest BCUT2D eigenvalue weighted by Crippen LogP contribution is -2.48. The van der Waals surface area contributed by atoms with Crippen molar-refractivity contribution in [3.63, 3.8) is 0 Å². The van der Waals surface area contributed by atoms with E-state index in [2.05, 4.69) is 4.98 Å². The van der Waals surface area contributed by atoms with E-state index in [-0.39, 0.29) is 11.9 Å². The number of hydrogen-bond donors (Lipinski definition) is 2. The quantitative estimate of drug-likeness (QED) is 0.913. The fourth-order valence-electron chi connectivity index (χ4n) is 3.36. The number of hydrogen-bond acceptors (Lipinski definition) is 2. The van der Waals surface area contributed by atoms with Crippen LogP contribution in [0, 0.1) is 0 Å². The number of benzene rings is 1. The Bertz CT molecular complexity index is 702. The Kier molecular flexibility index (Phi) is 3.91. The molecule has 1 aromatic carbocycles. The summed E-state index contributed by atoms with van der Waals surface area (Å²) >= 11 is 6.05. The zero-order chi connectivity index (χ0) is 15.9. The van der Waals surface area contributed by atoms with Crippen LogP contribution in [-0.4, -0.2) is 39.1 Å². The van der Waals surface area contributed by atoms with Crippen LogP contribution in [0.15, 0.2) is 24.4 Å². The van der Waals surface area contributed by atoms with Crippen molar-refractivity contribution in [3.8, 4) is 0 Å². The van der Waals surface area contributed by atoms with E-state index < -0.39 is 5.60 Å². The van der Waals surface area contributed by atoms with E-state index in [4.69, 9.17) is 11.6 Å². The maximum atomic E-state index is 12.7. The molecule has 0 radical (unpaired) electrons. The predicted octanol–water partition coefficient (Wildman–Crippen LogP) is 3.13. The van der Waals surface area contributed by atoms with Gasteiger partial charge in [0.2, 0.25) is 5.91 Å². The van der Waals surface area contributed by atoms with Gasteiger partial charge < -0.3 is 15.0 Å². The second-order valence-electron chi connectivity index (χ2n) is 6.58. The van der Waals surface area contributed by atoms with Crippen LogP contribution in [0.3, 0.4) is 0 Å². The molecule has 2 heterocycles. The largest absolute Gasteiger partial charge is 0.388 e. The van der Waals surface area contributed by atoms with Crippen molar-refractivity contribution in [2.24, 2.45) is 0 Å². The van der Waals surface area contributed by atoms with Gasteiger partial charge in [-0.1, -0.05) is 11.6 Å². The molecule has 1 unspecified atom stereocenters. The van der Waals surface area contributed by atoms with Crippen molar-refractivity contribution < 1.29 is 9.90 Å². The maximum absolute atomic E-state index is 12.7. The Morgan fingerprint density at radius 3 is 3.00 bits per heavy atom. The van der Waals surface area contributed by atoms with Gasteiger partial charge in [-0.15, -0.1) is 0 Å². The van der Waals surface area contributed by atoms with Gasteiger partial charge >= 0.3 is 0 Å². The average Bonchev–Trinajstić information content (AvgIpc) is 3.05. The number of halogens is 1. The summed E-state index contributed by atoms with van der Waals surface area (Å²) in [7, 11) is 0. The summed E-state index contributed by atoms with van der Waals surface area (Å²) in [4.78, 5) is 17.7. The van der Waals surface area contributed by atoms with Gasteiger partial charge in [-0.25, -0.2) is 0 Å². The smallest absolute Gasteiger partial charge is 0.227 e. The Hall–Kier alpha value is -1.52. The summed E-state index contributed by atoms with van der Waals surface area (Å²) in [6, 6.07) is 5.53. The lowest BCUT2D eigenvalue weighted by atomic mass is 9.96. The number of H-pyrrole nitrogens is 1. The second kappa shape index (κ2) is 5.60. The van der Waals surface area contributed by atoms with Gasteiger partial charge in [-0.3, -0.25) is 4.79 Å². The lowest BCUT2D eigenvalue weighted by molar-refractivity contribution is -0.135. The van der Waals surface area contributed by atoms with Crippen molar-refractivity contribution in [1.82, 2.24) is 9.88 Å². The molecule has 0 aliphatic carbocycles. The number of carbonyl (C=O) groups is 1. The van der Waals surface area contributed by atoms with Crippen molar-refractivity contribution in [2.45, 2.75) is 44.8 Å². The molecule has 4 nitrogen and oxygen atoms in total. The first kappa shape index (κ1) is 15.4. The number of aromatic nitrogens is 1. The van der Waals surface area contributed by atoms with E-state index in [0.29, 0.717) is 11.4 Å². The number of rotatable bonds is 3.